The van der Waals surface area contributed by atoms with Crippen molar-refractivity contribution in [2.45, 2.75) is 70.7 Å². The summed E-state index contributed by atoms with van der Waals surface area (Å²) in [7, 11) is 5.91. The minimum atomic E-state index is -0.778. The zero-order valence-electron chi connectivity index (χ0n) is 17.2. The van der Waals surface area contributed by atoms with Crippen molar-refractivity contribution >= 4 is 30.9 Å². The Morgan fingerprint density at radius 2 is 2.07 bits per heavy atom. The zero-order valence-corrected chi connectivity index (χ0v) is 18.0. The molecule has 0 saturated heterocycles. The van der Waals surface area contributed by atoms with E-state index in [1.165, 1.54) is 9.75 Å². The van der Waals surface area contributed by atoms with Crippen LogP contribution in [0.25, 0.3) is 0 Å². The van der Waals surface area contributed by atoms with Crippen LogP contribution in [-0.4, -0.2) is 35.9 Å². The highest BCUT2D eigenvalue weighted by molar-refractivity contribution is 7.11. The van der Waals surface area contributed by atoms with Gasteiger partial charge in [0.1, 0.15) is 5.78 Å². The summed E-state index contributed by atoms with van der Waals surface area (Å²) in [5.74, 6) is -0.446. The molecule has 0 amide bonds. The molecule has 4 nitrogen and oxygen atoms in total. The van der Waals surface area contributed by atoms with Gasteiger partial charge in [0.15, 0.2) is 0 Å². The average molecular weight is 414 g/mol. The summed E-state index contributed by atoms with van der Waals surface area (Å²) in [6.45, 7) is 2.07. The lowest BCUT2D eigenvalue weighted by Gasteiger charge is -2.16. The largest absolute Gasteiger partial charge is 0.481 e. The predicted octanol–water partition coefficient (Wildman–Crippen LogP) is 4.66. The molecule has 0 bridgehead atoms. The minimum absolute atomic E-state index is 0.00739. The summed E-state index contributed by atoms with van der Waals surface area (Å²) < 4.78 is 0. The molecule has 2 N–H and O–H groups in total. The monoisotopic (exact) mass is 414 g/mol. The first-order chi connectivity index (χ1) is 13.9. The fourth-order valence-electron chi connectivity index (χ4n) is 3.91. The molecule has 1 aliphatic carbocycles. The third kappa shape index (κ3) is 7.94. The Bertz CT molecular complexity index is 737. The Balaban J connectivity index is 1.88. The first-order valence-corrected chi connectivity index (χ1v) is 11.2. The minimum Gasteiger partial charge on any atom is -0.481 e. The molecular weight excluding hydrogens is 383 g/mol. The van der Waals surface area contributed by atoms with E-state index < -0.39 is 12.1 Å². The van der Waals surface area contributed by atoms with E-state index in [0.29, 0.717) is 38.4 Å². The molecule has 3 atom stereocenters. The molecule has 1 unspecified atom stereocenters. The van der Waals surface area contributed by atoms with E-state index >= 15 is 0 Å². The molecule has 1 saturated carbocycles. The summed E-state index contributed by atoms with van der Waals surface area (Å²) in [6, 6.07) is 4.17. The lowest BCUT2D eigenvalue weighted by molar-refractivity contribution is -0.137. The molecule has 1 aromatic heterocycles. The van der Waals surface area contributed by atoms with Crippen LogP contribution in [0.3, 0.4) is 0 Å². The van der Waals surface area contributed by atoms with Crippen LogP contribution >= 0.6 is 11.3 Å². The molecule has 29 heavy (non-hydrogen) atoms. The molecule has 0 aliphatic heterocycles. The van der Waals surface area contributed by atoms with Gasteiger partial charge in [0, 0.05) is 34.9 Å². The predicted molar refractivity (Wildman–Crippen MR) is 118 cm³/mol. The fourth-order valence-corrected chi connectivity index (χ4v) is 4.80. The number of aliphatic carboxylic acids is 1. The van der Waals surface area contributed by atoms with Crippen molar-refractivity contribution in [1.29, 1.82) is 0 Å². The highest BCUT2D eigenvalue weighted by Gasteiger charge is 2.35. The van der Waals surface area contributed by atoms with Gasteiger partial charge in [-0.15, -0.1) is 11.3 Å². The van der Waals surface area contributed by atoms with Crippen LogP contribution < -0.4 is 0 Å². The number of rotatable bonds is 12. The van der Waals surface area contributed by atoms with Crippen molar-refractivity contribution in [3.05, 3.63) is 45.7 Å². The second-order valence-corrected chi connectivity index (χ2v) is 9.17. The Hall–Kier alpha value is -1.66. The van der Waals surface area contributed by atoms with Crippen LogP contribution in [0.2, 0.25) is 6.32 Å². The quantitative estimate of drug-likeness (QED) is 0.296. The van der Waals surface area contributed by atoms with Crippen molar-refractivity contribution in [3.63, 3.8) is 0 Å². The van der Waals surface area contributed by atoms with Crippen molar-refractivity contribution in [1.82, 2.24) is 0 Å². The maximum atomic E-state index is 12.4. The highest BCUT2D eigenvalue weighted by atomic mass is 32.1. The van der Waals surface area contributed by atoms with Crippen molar-refractivity contribution in [2.24, 2.45) is 11.8 Å². The Labute approximate surface area is 179 Å². The van der Waals surface area contributed by atoms with Gasteiger partial charge in [-0.3, -0.25) is 9.59 Å². The van der Waals surface area contributed by atoms with Crippen LogP contribution in [0.1, 0.15) is 54.7 Å². The van der Waals surface area contributed by atoms with Crippen molar-refractivity contribution < 1.29 is 19.8 Å². The second-order valence-electron chi connectivity index (χ2n) is 7.79. The van der Waals surface area contributed by atoms with Crippen LogP contribution in [0.5, 0.6) is 0 Å². The second kappa shape index (κ2) is 12.1. The summed E-state index contributed by atoms with van der Waals surface area (Å²) >= 11 is 1.74. The summed E-state index contributed by atoms with van der Waals surface area (Å²) in [5.41, 5.74) is 1.11. The smallest absolute Gasteiger partial charge is 0.303 e. The van der Waals surface area contributed by atoms with Crippen molar-refractivity contribution in [2.75, 3.05) is 0 Å². The Morgan fingerprint density at radius 1 is 1.28 bits per heavy atom. The zero-order chi connectivity index (χ0) is 21.2. The summed E-state index contributed by atoms with van der Waals surface area (Å²) in [6.07, 6.45) is 10.6. The Morgan fingerprint density at radius 3 is 2.72 bits per heavy atom. The molecule has 156 valence electrons. The van der Waals surface area contributed by atoms with E-state index in [2.05, 4.69) is 19.1 Å². The van der Waals surface area contributed by atoms with Gasteiger partial charge in [0.05, 0.1) is 14.0 Å². The van der Waals surface area contributed by atoms with Gasteiger partial charge in [-0.2, -0.15) is 0 Å². The molecule has 2 radical (unpaired) electrons. The van der Waals surface area contributed by atoms with Crippen LogP contribution in [0.15, 0.2) is 35.9 Å². The number of hydrogen-bond donors (Lipinski definition) is 2. The molecule has 0 spiro atoms. The van der Waals surface area contributed by atoms with Gasteiger partial charge in [-0.25, -0.2) is 0 Å². The number of aliphatic hydroxyl groups is 1. The molecule has 2 rings (SSSR count). The molecular formula is C23H31BO4S. The van der Waals surface area contributed by atoms with E-state index in [4.69, 9.17) is 13.0 Å². The van der Waals surface area contributed by atoms with E-state index in [-0.39, 0.29) is 24.0 Å². The number of thiophene rings is 1. The van der Waals surface area contributed by atoms with Gasteiger partial charge in [0.25, 0.3) is 0 Å². The van der Waals surface area contributed by atoms with Gasteiger partial charge in [-0.05, 0) is 57.1 Å². The molecule has 1 fully saturated rings. The lowest BCUT2D eigenvalue weighted by atomic mass is 9.84. The number of Topliss-reactive ketones (excluding diaryl/α,β-unsaturated/α-hetero) is 1. The number of aryl methyl sites for hydroxylation is 2. The standard InChI is InChI=1S/C23H31BO4S/c1-16-8-11-19(29-16)12-9-18(25)10-13-20-17(15-24)14-22(26)21(20)6-4-2-3-5-7-23(27)28/h2,4,8,11,13,17,21-22,26H,3,5-7,9-10,12,14-15H2,1H3,(H,27,28)/t17-,21+,22?/m0/s1. The summed E-state index contributed by atoms with van der Waals surface area (Å²) in [5, 5.41) is 19.1. The Kier molecular flexibility index (Phi) is 9.88. The number of carbonyl (C=O) groups is 2. The SMILES string of the molecule is [B]C[C@@H]1CC(O)[C@H](CC=CCCCC(=O)O)C1=CCC(=O)CCc1ccc(C)s1. The number of carbonyl (C=O) groups excluding carboxylic acids is 1. The number of carboxylic acids is 1. The van der Waals surface area contributed by atoms with Crippen molar-refractivity contribution in [3.8, 4) is 0 Å². The number of allylic oxidation sites excluding steroid dienone is 3. The third-order valence-electron chi connectivity index (χ3n) is 5.50. The average Bonchev–Trinajstić information content (AvgIpc) is 3.23. The van der Waals surface area contributed by atoms with E-state index in [1.807, 2.05) is 18.2 Å². The van der Waals surface area contributed by atoms with Crippen LogP contribution in [-0.2, 0) is 16.0 Å². The molecule has 1 aromatic rings. The van der Waals surface area contributed by atoms with E-state index in [9.17, 15) is 14.7 Å². The van der Waals surface area contributed by atoms with Gasteiger partial charge < -0.3 is 10.2 Å². The van der Waals surface area contributed by atoms with Gasteiger partial charge in [-0.1, -0.05) is 30.1 Å². The first-order valence-electron chi connectivity index (χ1n) is 10.4. The van der Waals surface area contributed by atoms with E-state index in [1.54, 1.807) is 11.3 Å². The molecule has 1 aliphatic rings. The topological polar surface area (TPSA) is 74.6 Å². The molecule has 1 heterocycles. The van der Waals surface area contributed by atoms with Gasteiger partial charge in [0.2, 0.25) is 0 Å². The fraction of sp³-hybridized carbons (Fsp3) is 0.565. The molecule has 6 heteroatoms. The van der Waals surface area contributed by atoms with E-state index in [0.717, 1.165) is 18.4 Å². The lowest BCUT2D eigenvalue weighted by Crippen LogP contribution is -2.13. The summed E-state index contributed by atoms with van der Waals surface area (Å²) in [4.78, 5) is 25.4. The normalized spacial score (nSPS) is 23.2. The van der Waals surface area contributed by atoms with Crippen LogP contribution in [0, 0.1) is 18.8 Å². The third-order valence-corrected chi connectivity index (χ3v) is 6.56. The first kappa shape index (κ1) is 23.6. The van der Waals surface area contributed by atoms with Crippen LogP contribution in [0.4, 0.5) is 0 Å². The number of hydrogen-bond acceptors (Lipinski definition) is 4. The van der Waals surface area contributed by atoms with Gasteiger partial charge >= 0.3 is 5.97 Å². The number of ketones is 1. The maximum absolute atomic E-state index is 12.4. The maximum Gasteiger partial charge on any atom is 0.303 e. The molecule has 0 aromatic carbocycles. The highest BCUT2D eigenvalue weighted by Crippen LogP contribution is 2.41. The number of unbranched alkanes of at least 4 members (excludes halogenated alkanes) is 1. The number of aliphatic hydroxyl groups excluding tert-OH is 1. The number of carboxylic acid groups (broad SMARTS) is 1.